The fourth-order valence-electron chi connectivity index (χ4n) is 1.52. The number of pyridine rings is 1. The first kappa shape index (κ1) is 13.9. The van der Waals surface area contributed by atoms with Crippen molar-refractivity contribution in [3.63, 3.8) is 0 Å². The number of nitrogens with two attached hydrogens (primary N) is 1. The molecule has 0 aliphatic heterocycles. The minimum Gasteiger partial charge on any atom is -0.465 e. The van der Waals surface area contributed by atoms with E-state index in [9.17, 15) is 14.0 Å². The standard InChI is InChI=1S/C11H14FN3O3/c1-11(2,3)15(10(17)18)6-4-7(12)8(9(13)16)14-5-6/h4-5H,1-3H3,(H2,13,16)(H,17,18). The lowest BCUT2D eigenvalue weighted by atomic mass is 10.1. The summed E-state index contributed by atoms with van der Waals surface area (Å²) in [6, 6.07) is 0.923. The van der Waals surface area contributed by atoms with E-state index < -0.39 is 29.1 Å². The van der Waals surface area contributed by atoms with Gasteiger partial charge < -0.3 is 10.8 Å². The topological polar surface area (TPSA) is 96.5 Å². The van der Waals surface area contributed by atoms with Gasteiger partial charge in [-0.25, -0.2) is 14.2 Å². The Kier molecular flexibility index (Phi) is 3.54. The van der Waals surface area contributed by atoms with Gasteiger partial charge in [-0.2, -0.15) is 0 Å². The summed E-state index contributed by atoms with van der Waals surface area (Å²) in [5.74, 6) is -1.95. The van der Waals surface area contributed by atoms with Crippen molar-refractivity contribution < 1.29 is 19.1 Å². The number of halogens is 1. The summed E-state index contributed by atoms with van der Waals surface area (Å²) in [6.07, 6.45) is -0.141. The Morgan fingerprint density at radius 1 is 1.44 bits per heavy atom. The molecule has 1 rings (SSSR count). The smallest absolute Gasteiger partial charge is 0.412 e. The summed E-state index contributed by atoms with van der Waals surface area (Å²) in [5, 5.41) is 9.12. The first-order valence-corrected chi connectivity index (χ1v) is 5.13. The Balaban J connectivity index is 3.28. The van der Waals surface area contributed by atoms with Gasteiger partial charge in [0.15, 0.2) is 11.5 Å². The van der Waals surface area contributed by atoms with Crippen molar-refractivity contribution in [3.8, 4) is 0 Å². The number of primary amides is 1. The first-order chi connectivity index (χ1) is 8.14. The summed E-state index contributed by atoms with van der Waals surface area (Å²) in [6.45, 7) is 4.96. The molecule has 18 heavy (non-hydrogen) atoms. The summed E-state index contributed by atoms with van der Waals surface area (Å²) in [5.41, 5.74) is 3.67. The average Bonchev–Trinajstić information content (AvgIpc) is 2.13. The van der Waals surface area contributed by atoms with Crippen molar-refractivity contribution in [2.45, 2.75) is 26.3 Å². The van der Waals surface area contributed by atoms with Gasteiger partial charge in [-0.15, -0.1) is 0 Å². The molecule has 1 heterocycles. The van der Waals surface area contributed by atoms with Crippen LogP contribution in [0, 0.1) is 5.82 Å². The van der Waals surface area contributed by atoms with Gasteiger partial charge in [-0.05, 0) is 20.8 Å². The van der Waals surface area contributed by atoms with Gasteiger partial charge in [0.25, 0.3) is 5.91 Å². The quantitative estimate of drug-likeness (QED) is 0.838. The molecule has 1 aromatic heterocycles. The largest absolute Gasteiger partial charge is 0.465 e. The van der Waals surface area contributed by atoms with Crippen molar-refractivity contribution in [1.82, 2.24) is 4.98 Å². The highest BCUT2D eigenvalue weighted by Gasteiger charge is 2.29. The number of nitrogens with zero attached hydrogens (tertiary/aromatic N) is 2. The molecular weight excluding hydrogens is 241 g/mol. The van der Waals surface area contributed by atoms with Crippen LogP contribution in [0.3, 0.4) is 0 Å². The molecule has 98 valence electrons. The highest BCUT2D eigenvalue weighted by molar-refractivity contribution is 5.92. The second-order valence-electron chi connectivity index (χ2n) is 4.68. The number of hydrogen-bond acceptors (Lipinski definition) is 3. The number of aromatic nitrogens is 1. The van der Waals surface area contributed by atoms with Crippen LogP contribution < -0.4 is 10.6 Å². The molecule has 7 heteroatoms. The molecule has 6 nitrogen and oxygen atoms in total. The van der Waals surface area contributed by atoms with E-state index in [0.29, 0.717) is 0 Å². The third-order valence-corrected chi connectivity index (χ3v) is 2.18. The monoisotopic (exact) mass is 255 g/mol. The van der Waals surface area contributed by atoms with Gasteiger partial charge in [0.2, 0.25) is 0 Å². The predicted molar refractivity (Wildman–Crippen MR) is 63.0 cm³/mol. The third kappa shape index (κ3) is 2.73. The zero-order valence-corrected chi connectivity index (χ0v) is 10.3. The molecule has 0 spiro atoms. The SMILES string of the molecule is CC(C)(C)N(C(=O)O)c1cnc(C(N)=O)c(F)c1. The molecule has 0 aliphatic rings. The maximum Gasteiger partial charge on any atom is 0.412 e. The molecule has 2 amide bonds. The van der Waals surface area contributed by atoms with Crippen LogP contribution in [-0.4, -0.2) is 27.6 Å². The molecule has 0 aromatic carbocycles. The Morgan fingerprint density at radius 2 is 2.00 bits per heavy atom. The number of carbonyl (C=O) groups excluding carboxylic acids is 1. The number of amides is 2. The summed E-state index contributed by atoms with van der Waals surface area (Å²) < 4.78 is 13.5. The number of hydrogen-bond donors (Lipinski definition) is 2. The molecule has 0 aliphatic carbocycles. The van der Waals surface area contributed by atoms with Gasteiger partial charge in [0.1, 0.15) is 0 Å². The van der Waals surface area contributed by atoms with E-state index >= 15 is 0 Å². The van der Waals surface area contributed by atoms with E-state index in [1.165, 1.54) is 0 Å². The van der Waals surface area contributed by atoms with Gasteiger partial charge in [0.05, 0.1) is 11.9 Å². The average molecular weight is 255 g/mol. The lowest BCUT2D eigenvalue weighted by Crippen LogP contribution is -2.45. The van der Waals surface area contributed by atoms with E-state index in [1.807, 2.05) is 0 Å². The molecule has 1 aromatic rings. The Bertz CT molecular complexity index is 497. The summed E-state index contributed by atoms with van der Waals surface area (Å²) in [4.78, 5) is 26.5. The van der Waals surface area contributed by atoms with Gasteiger partial charge >= 0.3 is 6.09 Å². The second-order valence-corrected chi connectivity index (χ2v) is 4.68. The Hall–Kier alpha value is -2.18. The normalized spacial score (nSPS) is 11.1. The van der Waals surface area contributed by atoms with Crippen molar-refractivity contribution in [1.29, 1.82) is 0 Å². The van der Waals surface area contributed by atoms with E-state index in [0.717, 1.165) is 17.2 Å². The van der Waals surface area contributed by atoms with Crippen LogP contribution in [0.15, 0.2) is 12.3 Å². The molecule has 0 fully saturated rings. The van der Waals surface area contributed by atoms with Crippen LogP contribution in [-0.2, 0) is 0 Å². The van der Waals surface area contributed by atoms with Gasteiger partial charge in [0, 0.05) is 11.6 Å². The maximum atomic E-state index is 13.5. The summed E-state index contributed by atoms with van der Waals surface area (Å²) in [7, 11) is 0. The maximum absolute atomic E-state index is 13.5. The predicted octanol–water partition coefficient (Wildman–Crippen LogP) is 1.60. The lowest BCUT2D eigenvalue weighted by molar-refractivity contribution is 0.0991. The van der Waals surface area contributed by atoms with Crippen molar-refractivity contribution in [3.05, 3.63) is 23.8 Å². The Labute approximate surface area is 103 Å². The van der Waals surface area contributed by atoms with Crippen LogP contribution in [0.25, 0.3) is 0 Å². The minimum atomic E-state index is -1.24. The molecular formula is C11H14FN3O3. The Morgan fingerprint density at radius 3 is 2.33 bits per heavy atom. The van der Waals surface area contributed by atoms with Gasteiger partial charge in [-0.3, -0.25) is 9.69 Å². The van der Waals surface area contributed by atoms with Crippen molar-refractivity contribution in [2.24, 2.45) is 5.73 Å². The highest BCUT2D eigenvalue weighted by atomic mass is 19.1. The fraction of sp³-hybridized carbons (Fsp3) is 0.364. The molecule has 0 saturated carbocycles. The zero-order valence-electron chi connectivity index (χ0n) is 10.3. The van der Waals surface area contributed by atoms with Crippen LogP contribution in [0.1, 0.15) is 31.3 Å². The van der Waals surface area contributed by atoms with Gasteiger partial charge in [-0.1, -0.05) is 0 Å². The van der Waals surface area contributed by atoms with E-state index in [4.69, 9.17) is 10.8 Å². The van der Waals surface area contributed by atoms with E-state index in [1.54, 1.807) is 20.8 Å². The number of anilines is 1. The van der Waals surface area contributed by atoms with Crippen LogP contribution in [0.5, 0.6) is 0 Å². The summed E-state index contributed by atoms with van der Waals surface area (Å²) >= 11 is 0. The number of carbonyl (C=O) groups is 2. The second kappa shape index (κ2) is 4.59. The first-order valence-electron chi connectivity index (χ1n) is 5.13. The lowest BCUT2D eigenvalue weighted by Gasteiger charge is -2.32. The molecule has 0 bridgehead atoms. The van der Waals surface area contributed by atoms with E-state index in [-0.39, 0.29) is 5.69 Å². The van der Waals surface area contributed by atoms with E-state index in [2.05, 4.69) is 4.98 Å². The zero-order chi connectivity index (χ0) is 14.1. The van der Waals surface area contributed by atoms with Crippen LogP contribution in [0.2, 0.25) is 0 Å². The molecule has 0 radical (unpaired) electrons. The molecule has 0 saturated heterocycles. The fourth-order valence-corrected chi connectivity index (χ4v) is 1.52. The van der Waals surface area contributed by atoms with Crippen LogP contribution in [0.4, 0.5) is 14.9 Å². The third-order valence-electron chi connectivity index (χ3n) is 2.18. The number of rotatable bonds is 2. The molecule has 3 N–H and O–H groups in total. The minimum absolute atomic E-state index is 0.0394. The molecule has 0 atom stereocenters. The molecule has 0 unspecified atom stereocenters. The van der Waals surface area contributed by atoms with Crippen molar-refractivity contribution >= 4 is 17.7 Å². The number of carboxylic acid groups (broad SMARTS) is 1. The van der Waals surface area contributed by atoms with Crippen LogP contribution >= 0.6 is 0 Å². The van der Waals surface area contributed by atoms with Crippen molar-refractivity contribution in [2.75, 3.05) is 4.90 Å². The highest BCUT2D eigenvalue weighted by Crippen LogP contribution is 2.24.